The number of fused-ring (bicyclic) bond motifs is 1. The van der Waals surface area contributed by atoms with E-state index in [1.165, 1.54) is 11.0 Å². The second-order valence-electron chi connectivity index (χ2n) is 4.10. The molecule has 0 aliphatic carbocycles. The van der Waals surface area contributed by atoms with Crippen molar-refractivity contribution in [1.82, 2.24) is 9.66 Å². The minimum absolute atomic E-state index is 0.421. The molecular formula is C12H14N4O2. The Morgan fingerprint density at radius 1 is 1.17 bits per heavy atom. The monoisotopic (exact) mass is 246 g/mol. The Kier molecular flexibility index (Phi) is 2.47. The van der Waals surface area contributed by atoms with Crippen molar-refractivity contribution in [2.45, 2.75) is 6.42 Å². The zero-order valence-corrected chi connectivity index (χ0v) is 9.80. The molecule has 0 amide bonds. The minimum atomic E-state index is 0.421. The van der Waals surface area contributed by atoms with Gasteiger partial charge in [0.2, 0.25) is 0 Å². The van der Waals surface area contributed by atoms with Crippen molar-refractivity contribution < 1.29 is 9.47 Å². The van der Waals surface area contributed by atoms with Gasteiger partial charge >= 0.3 is 0 Å². The molecule has 0 radical (unpaired) electrons. The second-order valence-corrected chi connectivity index (χ2v) is 4.10. The van der Waals surface area contributed by atoms with Crippen molar-refractivity contribution >= 4 is 5.82 Å². The highest BCUT2D eigenvalue weighted by atomic mass is 16.5. The largest absolute Gasteiger partial charge is 0.490 e. The van der Waals surface area contributed by atoms with E-state index in [-0.39, 0.29) is 0 Å². The van der Waals surface area contributed by atoms with Crippen LogP contribution in [0.3, 0.4) is 0 Å². The molecule has 0 bridgehead atoms. The average molecular weight is 246 g/mol. The number of ether oxygens (including phenoxy) is 2. The average Bonchev–Trinajstić information content (AvgIpc) is 2.61. The fraction of sp³-hybridized carbons (Fsp3) is 0.250. The van der Waals surface area contributed by atoms with Crippen LogP contribution in [-0.4, -0.2) is 22.9 Å². The van der Waals surface area contributed by atoms with E-state index >= 15 is 0 Å². The number of hydrogen-bond donors (Lipinski definition) is 2. The van der Waals surface area contributed by atoms with E-state index in [2.05, 4.69) is 4.98 Å². The summed E-state index contributed by atoms with van der Waals surface area (Å²) in [5.41, 5.74) is 7.35. The highest BCUT2D eigenvalue weighted by Crippen LogP contribution is 2.34. The zero-order valence-electron chi connectivity index (χ0n) is 9.80. The van der Waals surface area contributed by atoms with Crippen LogP contribution in [0.1, 0.15) is 6.42 Å². The number of rotatable bonds is 1. The van der Waals surface area contributed by atoms with E-state index in [0.29, 0.717) is 24.7 Å². The number of hydrogen-bond acceptors (Lipinski definition) is 5. The van der Waals surface area contributed by atoms with E-state index in [1.807, 2.05) is 18.2 Å². The van der Waals surface area contributed by atoms with Crippen LogP contribution >= 0.6 is 0 Å². The molecule has 0 unspecified atom stereocenters. The van der Waals surface area contributed by atoms with Gasteiger partial charge in [0.15, 0.2) is 11.5 Å². The number of nitrogen functional groups attached to an aromatic ring is 2. The van der Waals surface area contributed by atoms with Gasteiger partial charge in [-0.25, -0.2) is 9.66 Å². The van der Waals surface area contributed by atoms with Crippen LogP contribution in [0.2, 0.25) is 0 Å². The maximum atomic E-state index is 5.84. The van der Waals surface area contributed by atoms with Gasteiger partial charge in [0, 0.05) is 12.0 Å². The summed E-state index contributed by atoms with van der Waals surface area (Å²) >= 11 is 0. The summed E-state index contributed by atoms with van der Waals surface area (Å²) in [7, 11) is 0. The molecule has 2 aromatic rings. The van der Waals surface area contributed by atoms with Crippen LogP contribution < -0.4 is 21.1 Å². The first-order valence-corrected chi connectivity index (χ1v) is 5.73. The van der Waals surface area contributed by atoms with Gasteiger partial charge < -0.3 is 21.1 Å². The number of benzene rings is 1. The van der Waals surface area contributed by atoms with Gasteiger partial charge in [-0.15, -0.1) is 0 Å². The Hall–Kier alpha value is -2.37. The molecule has 1 aliphatic rings. The lowest BCUT2D eigenvalue weighted by atomic mass is 10.1. The van der Waals surface area contributed by atoms with Crippen LogP contribution in [0.5, 0.6) is 11.5 Å². The van der Waals surface area contributed by atoms with Gasteiger partial charge in [0.1, 0.15) is 17.8 Å². The Balaban J connectivity index is 2.04. The summed E-state index contributed by atoms with van der Waals surface area (Å²) < 4.78 is 12.5. The summed E-state index contributed by atoms with van der Waals surface area (Å²) in [6.07, 6.45) is 2.36. The van der Waals surface area contributed by atoms with E-state index in [9.17, 15) is 0 Å². The molecule has 0 atom stereocenters. The topological polar surface area (TPSA) is 88.3 Å². The summed E-state index contributed by atoms with van der Waals surface area (Å²) in [5, 5.41) is 0. The van der Waals surface area contributed by atoms with Crippen molar-refractivity contribution in [3.8, 4) is 22.8 Å². The highest BCUT2D eigenvalue weighted by Gasteiger charge is 2.14. The zero-order chi connectivity index (χ0) is 12.5. The fourth-order valence-corrected chi connectivity index (χ4v) is 1.90. The molecule has 18 heavy (non-hydrogen) atoms. The molecule has 4 N–H and O–H groups in total. The molecule has 0 saturated heterocycles. The van der Waals surface area contributed by atoms with Crippen LogP contribution in [0, 0.1) is 0 Å². The van der Waals surface area contributed by atoms with E-state index in [0.717, 1.165) is 23.5 Å². The van der Waals surface area contributed by atoms with Crippen LogP contribution in [0.4, 0.5) is 5.82 Å². The first-order valence-electron chi connectivity index (χ1n) is 5.73. The molecule has 3 rings (SSSR count). The maximum absolute atomic E-state index is 5.84. The number of imidazole rings is 1. The molecule has 6 heteroatoms. The Labute approximate surface area is 104 Å². The summed E-state index contributed by atoms with van der Waals surface area (Å²) in [4.78, 5) is 4.17. The molecule has 1 aliphatic heterocycles. The lowest BCUT2D eigenvalue weighted by molar-refractivity contribution is 0.297. The van der Waals surface area contributed by atoms with Crippen LogP contribution in [-0.2, 0) is 0 Å². The lowest BCUT2D eigenvalue weighted by Crippen LogP contribution is -2.09. The number of nitrogens with zero attached hydrogens (tertiary/aromatic N) is 2. The van der Waals surface area contributed by atoms with Gasteiger partial charge in [0.25, 0.3) is 0 Å². The van der Waals surface area contributed by atoms with Gasteiger partial charge in [-0.3, -0.25) is 0 Å². The Bertz CT molecular complexity index is 579. The molecule has 94 valence electrons. The molecule has 0 fully saturated rings. The second kappa shape index (κ2) is 4.14. The van der Waals surface area contributed by atoms with E-state index < -0.39 is 0 Å². The van der Waals surface area contributed by atoms with Crippen molar-refractivity contribution in [1.29, 1.82) is 0 Å². The molecule has 0 saturated carbocycles. The van der Waals surface area contributed by atoms with Crippen molar-refractivity contribution in [3.63, 3.8) is 0 Å². The van der Waals surface area contributed by atoms with Gasteiger partial charge in [0.05, 0.1) is 13.2 Å². The number of nitrogens with two attached hydrogens (primary N) is 2. The predicted molar refractivity (Wildman–Crippen MR) is 67.8 cm³/mol. The standard InChI is InChI=1S/C12H14N4O2/c13-12-11(15-7-16(12)14)8-2-3-9-10(6-8)18-5-1-4-17-9/h2-3,6-7H,1,4-5,13-14H2. The smallest absolute Gasteiger partial charge is 0.161 e. The summed E-state index contributed by atoms with van der Waals surface area (Å²) in [6.45, 7) is 1.32. The molecule has 2 heterocycles. The molecular weight excluding hydrogens is 232 g/mol. The third-order valence-corrected chi connectivity index (χ3v) is 2.85. The Morgan fingerprint density at radius 3 is 2.67 bits per heavy atom. The molecule has 1 aromatic heterocycles. The van der Waals surface area contributed by atoms with Crippen molar-refractivity contribution in [3.05, 3.63) is 24.5 Å². The molecule has 1 aromatic carbocycles. The maximum Gasteiger partial charge on any atom is 0.161 e. The highest BCUT2D eigenvalue weighted by molar-refractivity contribution is 5.72. The summed E-state index contributed by atoms with van der Waals surface area (Å²) in [5.74, 6) is 7.51. The van der Waals surface area contributed by atoms with E-state index in [4.69, 9.17) is 21.1 Å². The van der Waals surface area contributed by atoms with Gasteiger partial charge in [-0.05, 0) is 18.2 Å². The lowest BCUT2D eigenvalue weighted by Gasteiger charge is -2.08. The quantitative estimate of drug-likeness (QED) is 0.733. The van der Waals surface area contributed by atoms with Crippen molar-refractivity contribution in [2.24, 2.45) is 0 Å². The Morgan fingerprint density at radius 2 is 1.94 bits per heavy atom. The SMILES string of the molecule is Nc1c(-c2ccc3c(c2)OCCCO3)ncn1N. The fourth-order valence-electron chi connectivity index (χ4n) is 1.90. The van der Waals surface area contributed by atoms with Crippen molar-refractivity contribution in [2.75, 3.05) is 24.8 Å². The molecule has 0 spiro atoms. The predicted octanol–water partition coefficient (Wildman–Crippen LogP) is 1.01. The first kappa shape index (κ1) is 10.8. The number of anilines is 1. The molecule has 6 nitrogen and oxygen atoms in total. The van der Waals surface area contributed by atoms with E-state index in [1.54, 1.807) is 0 Å². The minimum Gasteiger partial charge on any atom is -0.490 e. The first-order chi connectivity index (χ1) is 8.75. The normalized spacial score (nSPS) is 14.2. The van der Waals surface area contributed by atoms with Crippen LogP contribution in [0.15, 0.2) is 24.5 Å². The van der Waals surface area contributed by atoms with Gasteiger partial charge in [-0.1, -0.05) is 0 Å². The van der Waals surface area contributed by atoms with Crippen LogP contribution in [0.25, 0.3) is 11.3 Å². The summed E-state index contributed by atoms with van der Waals surface area (Å²) in [6, 6.07) is 5.64. The third-order valence-electron chi connectivity index (χ3n) is 2.85. The van der Waals surface area contributed by atoms with Gasteiger partial charge in [-0.2, -0.15) is 0 Å². The third kappa shape index (κ3) is 1.71. The number of aromatic nitrogens is 2.